The SMILES string of the molecule is Cc1cc(Nc2nccc(C(F)(F)F)n2)cc(-c2cnc(CCC(=O)O)cn2)c1. The molecule has 3 aromatic rings. The van der Waals surface area contributed by atoms with Crippen LogP contribution in [0.5, 0.6) is 0 Å². The van der Waals surface area contributed by atoms with Crippen LogP contribution in [0.3, 0.4) is 0 Å². The van der Waals surface area contributed by atoms with Gasteiger partial charge in [0.15, 0.2) is 0 Å². The smallest absolute Gasteiger partial charge is 0.433 e. The fraction of sp³-hybridized carbons (Fsp3) is 0.211. The molecule has 10 heteroatoms. The number of rotatable bonds is 6. The van der Waals surface area contributed by atoms with Crippen molar-refractivity contribution in [3.05, 3.63) is 59.8 Å². The maximum Gasteiger partial charge on any atom is 0.433 e. The lowest BCUT2D eigenvalue weighted by molar-refractivity contribution is -0.141. The van der Waals surface area contributed by atoms with Crippen LogP contribution in [0.2, 0.25) is 0 Å². The van der Waals surface area contributed by atoms with Gasteiger partial charge in [-0.25, -0.2) is 9.97 Å². The second-order valence-corrected chi connectivity index (χ2v) is 6.26. The van der Waals surface area contributed by atoms with Crippen LogP contribution in [0.25, 0.3) is 11.3 Å². The van der Waals surface area contributed by atoms with Crippen molar-refractivity contribution in [1.29, 1.82) is 0 Å². The number of nitrogens with one attached hydrogen (secondary N) is 1. The average Bonchev–Trinajstić information content (AvgIpc) is 2.66. The van der Waals surface area contributed by atoms with Crippen molar-refractivity contribution in [3.8, 4) is 11.3 Å². The summed E-state index contributed by atoms with van der Waals surface area (Å²) in [4.78, 5) is 26.5. The van der Waals surface area contributed by atoms with E-state index in [0.717, 1.165) is 17.8 Å². The van der Waals surface area contributed by atoms with E-state index >= 15 is 0 Å². The molecule has 2 aromatic heterocycles. The van der Waals surface area contributed by atoms with Gasteiger partial charge in [-0.1, -0.05) is 0 Å². The molecule has 1 aromatic carbocycles. The lowest BCUT2D eigenvalue weighted by atomic mass is 10.1. The van der Waals surface area contributed by atoms with Crippen LogP contribution in [-0.2, 0) is 17.4 Å². The summed E-state index contributed by atoms with van der Waals surface area (Å²) >= 11 is 0. The number of hydrogen-bond donors (Lipinski definition) is 2. The van der Waals surface area contributed by atoms with Gasteiger partial charge in [-0.05, 0) is 36.8 Å². The van der Waals surface area contributed by atoms with Gasteiger partial charge in [-0.15, -0.1) is 0 Å². The zero-order chi connectivity index (χ0) is 21.0. The number of aryl methyl sites for hydroxylation is 2. The zero-order valence-electron chi connectivity index (χ0n) is 15.2. The van der Waals surface area contributed by atoms with Crippen molar-refractivity contribution in [2.75, 3.05) is 5.32 Å². The van der Waals surface area contributed by atoms with Crippen molar-refractivity contribution >= 4 is 17.6 Å². The molecule has 2 N–H and O–H groups in total. The van der Waals surface area contributed by atoms with Crippen molar-refractivity contribution in [3.63, 3.8) is 0 Å². The number of aromatic nitrogens is 4. The molecule has 0 spiro atoms. The van der Waals surface area contributed by atoms with Crippen LogP contribution >= 0.6 is 0 Å². The van der Waals surface area contributed by atoms with Crippen molar-refractivity contribution in [1.82, 2.24) is 19.9 Å². The minimum atomic E-state index is -4.56. The molecule has 0 aliphatic carbocycles. The maximum absolute atomic E-state index is 12.8. The van der Waals surface area contributed by atoms with Crippen LogP contribution in [0.4, 0.5) is 24.8 Å². The van der Waals surface area contributed by atoms with E-state index in [-0.39, 0.29) is 18.8 Å². The van der Waals surface area contributed by atoms with E-state index in [4.69, 9.17) is 5.11 Å². The summed E-state index contributed by atoms with van der Waals surface area (Å²) in [6.07, 6.45) is -0.259. The highest BCUT2D eigenvalue weighted by Crippen LogP contribution is 2.29. The molecule has 3 rings (SSSR count). The van der Waals surface area contributed by atoms with Gasteiger partial charge in [0.05, 0.1) is 24.0 Å². The van der Waals surface area contributed by atoms with Gasteiger partial charge in [0.1, 0.15) is 5.69 Å². The number of halogens is 3. The Hall–Kier alpha value is -3.56. The summed E-state index contributed by atoms with van der Waals surface area (Å²) in [5.74, 6) is -1.09. The topological polar surface area (TPSA) is 101 Å². The summed E-state index contributed by atoms with van der Waals surface area (Å²) in [7, 11) is 0. The molecular weight excluding hydrogens is 387 g/mol. The highest BCUT2D eigenvalue weighted by atomic mass is 19.4. The third-order valence-corrected chi connectivity index (χ3v) is 3.88. The van der Waals surface area contributed by atoms with Crippen LogP contribution < -0.4 is 5.32 Å². The number of hydrogen-bond acceptors (Lipinski definition) is 6. The molecule has 7 nitrogen and oxygen atoms in total. The van der Waals surface area contributed by atoms with E-state index in [1.54, 1.807) is 12.1 Å². The standard InChI is InChI=1S/C19H16F3N5O2/c1-11-6-12(15-10-24-13(9-25-15)2-3-17(28)29)8-14(7-11)26-18-23-5-4-16(27-18)19(20,21)22/h4-10H,2-3H2,1H3,(H,28,29)(H,23,26,27). The third-order valence-electron chi connectivity index (χ3n) is 3.88. The minimum absolute atomic E-state index is 0.0382. The number of carbonyl (C=O) groups is 1. The minimum Gasteiger partial charge on any atom is -0.481 e. The molecule has 0 saturated carbocycles. The molecule has 0 amide bonds. The Morgan fingerprint density at radius 2 is 1.93 bits per heavy atom. The molecule has 150 valence electrons. The highest BCUT2D eigenvalue weighted by molar-refractivity contribution is 5.68. The molecule has 0 radical (unpaired) electrons. The molecule has 0 aliphatic rings. The number of alkyl halides is 3. The van der Waals surface area contributed by atoms with Gasteiger partial charge in [-0.2, -0.15) is 13.2 Å². The summed E-state index contributed by atoms with van der Waals surface area (Å²) < 4.78 is 38.5. The third kappa shape index (κ3) is 5.47. The average molecular weight is 403 g/mol. The molecule has 0 saturated heterocycles. The van der Waals surface area contributed by atoms with Gasteiger partial charge >= 0.3 is 12.1 Å². The number of nitrogens with zero attached hydrogens (tertiary/aromatic N) is 4. The van der Waals surface area contributed by atoms with E-state index in [1.165, 1.54) is 12.4 Å². The Kier molecular flexibility index (Phi) is 5.71. The number of carboxylic acid groups (broad SMARTS) is 1. The zero-order valence-corrected chi connectivity index (χ0v) is 15.2. The molecule has 0 unspecified atom stereocenters. The number of benzene rings is 1. The number of anilines is 2. The second kappa shape index (κ2) is 8.21. The van der Waals surface area contributed by atoms with E-state index in [2.05, 4.69) is 25.3 Å². The Morgan fingerprint density at radius 3 is 2.59 bits per heavy atom. The Balaban J connectivity index is 1.82. The first-order chi connectivity index (χ1) is 13.7. The predicted octanol–water partition coefficient (Wildman–Crippen LogP) is 4.02. The van der Waals surface area contributed by atoms with Crippen molar-refractivity contribution < 1.29 is 23.1 Å². The normalized spacial score (nSPS) is 11.3. The summed E-state index contributed by atoms with van der Waals surface area (Å²) in [6, 6.07) is 6.08. The lowest BCUT2D eigenvalue weighted by Gasteiger charge is -2.11. The molecule has 0 aliphatic heterocycles. The second-order valence-electron chi connectivity index (χ2n) is 6.26. The lowest BCUT2D eigenvalue weighted by Crippen LogP contribution is -2.10. The maximum atomic E-state index is 12.8. The summed E-state index contributed by atoms with van der Waals surface area (Å²) in [5.41, 5.74) is 2.09. The summed E-state index contributed by atoms with van der Waals surface area (Å²) in [5, 5.41) is 11.5. The van der Waals surface area contributed by atoms with Crippen molar-refractivity contribution in [2.45, 2.75) is 25.9 Å². The van der Waals surface area contributed by atoms with E-state index in [9.17, 15) is 18.0 Å². The van der Waals surface area contributed by atoms with Crippen LogP contribution in [0, 0.1) is 6.92 Å². The Morgan fingerprint density at radius 1 is 1.14 bits per heavy atom. The van der Waals surface area contributed by atoms with Gasteiger partial charge in [-0.3, -0.25) is 14.8 Å². The van der Waals surface area contributed by atoms with E-state index in [0.29, 0.717) is 22.6 Å². The highest BCUT2D eigenvalue weighted by Gasteiger charge is 2.32. The number of aliphatic carboxylic acids is 1. The van der Waals surface area contributed by atoms with Crippen LogP contribution in [0.15, 0.2) is 42.9 Å². The van der Waals surface area contributed by atoms with Crippen LogP contribution in [0.1, 0.15) is 23.4 Å². The molecule has 2 heterocycles. The molecule has 29 heavy (non-hydrogen) atoms. The first-order valence-electron chi connectivity index (χ1n) is 8.53. The van der Waals surface area contributed by atoms with Crippen LogP contribution in [-0.4, -0.2) is 31.0 Å². The number of carboxylic acids is 1. The quantitative estimate of drug-likeness (QED) is 0.641. The van der Waals surface area contributed by atoms with Gasteiger partial charge in [0.25, 0.3) is 0 Å². The van der Waals surface area contributed by atoms with Gasteiger partial charge in [0.2, 0.25) is 5.95 Å². The molecule has 0 atom stereocenters. The Labute approximate surface area is 163 Å². The largest absolute Gasteiger partial charge is 0.481 e. The fourth-order valence-corrected chi connectivity index (χ4v) is 2.58. The van der Waals surface area contributed by atoms with Gasteiger partial charge < -0.3 is 10.4 Å². The Bertz CT molecular complexity index is 1020. The first-order valence-corrected chi connectivity index (χ1v) is 8.53. The summed E-state index contributed by atoms with van der Waals surface area (Å²) in [6.45, 7) is 1.83. The molecule has 0 fully saturated rings. The first kappa shape index (κ1) is 20.2. The fourth-order valence-electron chi connectivity index (χ4n) is 2.58. The molecule has 0 bridgehead atoms. The van der Waals surface area contributed by atoms with Crippen molar-refractivity contribution in [2.24, 2.45) is 0 Å². The predicted molar refractivity (Wildman–Crippen MR) is 98.5 cm³/mol. The van der Waals surface area contributed by atoms with E-state index in [1.807, 2.05) is 13.0 Å². The monoisotopic (exact) mass is 403 g/mol. The van der Waals surface area contributed by atoms with E-state index < -0.39 is 17.8 Å². The molecular formula is C19H16F3N5O2. The van der Waals surface area contributed by atoms with Gasteiger partial charge in [0, 0.05) is 30.1 Å².